The molecule has 0 radical (unpaired) electrons. The SMILES string of the molecule is COCC(C)NC(=O)CNCc1cc(C)no1. The fraction of sp³-hybridized carbons (Fsp3) is 0.636. The second-order valence-corrected chi connectivity index (χ2v) is 3.96. The third-order valence-electron chi connectivity index (χ3n) is 2.09. The molecular formula is C11H19N3O3. The molecule has 17 heavy (non-hydrogen) atoms. The average Bonchev–Trinajstić information content (AvgIpc) is 2.64. The number of rotatable bonds is 7. The average molecular weight is 241 g/mol. The second kappa shape index (κ2) is 7.03. The number of amides is 1. The molecule has 0 aliphatic carbocycles. The topological polar surface area (TPSA) is 76.4 Å². The highest BCUT2D eigenvalue weighted by molar-refractivity contribution is 5.78. The number of aromatic nitrogens is 1. The highest BCUT2D eigenvalue weighted by Crippen LogP contribution is 2.00. The highest BCUT2D eigenvalue weighted by Gasteiger charge is 2.07. The lowest BCUT2D eigenvalue weighted by Crippen LogP contribution is -2.40. The van der Waals surface area contributed by atoms with Crippen LogP contribution in [0, 0.1) is 6.92 Å². The van der Waals surface area contributed by atoms with Crippen molar-refractivity contribution in [2.45, 2.75) is 26.4 Å². The van der Waals surface area contributed by atoms with Gasteiger partial charge in [0.15, 0.2) is 5.76 Å². The molecule has 0 fully saturated rings. The zero-order valence-corrected chi connectivity index (χ0v) is 10.4. The first-order valence-corrected chi connectivity index (χ1v) is 5.53. The van der Waals surface area contributed by atoms with Crippen LogP contribution in [0.3, 0.4) is 0 Å². The van der Waals surface area contributed by atoms with E-state index in [1.165, 1.54) is 0 Å². The first-order chi connectivity index (χ1) is 8.11. The van der Waals surface area contributed by atoms with E-state index >= 15 is 0 Å². The van der Waals surface area contributed by atoms with Crippen molar-refractivity contribution in [2.24, 2.45) is 0 Å². The lowest BCUT2D eigenvalue weighted by molar-refractivity contribution is -0.121. The van der Waals surface area contributed by atoms with Gasteiger partial charge in [0.05, 0.1) is 25.4 Å². The van der Waals surface area contributed by atoms with Crippen molar-refractivity contribution >= 4 is 5.91 Å². The van der Waals surface area contributed by atoms with Crippen molar-refractivity contribution in [3.05, 3.63) is 17.5 Å². The zero-order valence-electron chi connectivity index (χ0n) is 10.4. The summed E-state index contributed by atoms with van der Waals surface area (Å²) in [5.74, 6) is 0.658. The van der Waals surface area contributed by atoms with Crippen LogP contribution in [0.4, 0.5) is 0 Å². The quantitative estimate of drug-likeness (QED) is 0.714. The summed E-state index contributed by atoms with van der Waals surface area (Å²) in [5.41, 5.74) is 0.833. The van der Waals surface area contributed by atoms with Crippen molar-refractivity contribution in [1.29, 1.82) is 0 Å². The van der Waals surface area contributed by atoms with Gasteiger partial charge in [-0.1, -0.05) is 5.16 Å². The molecule has 0 bridgehead atoms. The Morgan fingerprint density at radius 1 is 1.65 bits per heavy atom. The van der Waals surface area contributed by atoms with Crippen molar-refractivity contribution in [3.8, 4) is 0 Å². The zero-order chi connectivity index (χ0) is 12.7. The molecule has 1 aromatic heterocycles. The standard InChI is InChI=1S/C11H19N3O3/c1-8-4-10(17-14-8)5-12-6-11(15)13-9(2)7-16-3/h4,9,12H,5-7H2,1-3H3,(H,13,15). The Hall–Kier alpha value is -1.40. The molecule has 2 N–H and O–H groups in total. The van der Waals surface area contributed by atoms with Crippen molar-refractivity contribution in [1.82, 2.24) is 15.8 Å². The Bertz CT molecular complexity index is 351. The minimum atomic E-state index is -0.0641. The molecule has 1 rings (SSSR count). The molecule has 96 valence electrons. The van der Waals surface area contributed by atoms with Gasteiger partial charge in [0.25, 0.3) is 0 Å². The van der Waals surface area contributed by atoms with Crippen molar-refractivity contribution in [2.75, 3.05) is 20.3 Å². The van der Waals surface area contributed by atoms with Crippen LogP contribution in [0.5, 0.6) is 0 Å². The Balaban J connectivity index is 2.16. The van der Waals surface area contributed by atoms with E-state index in [1.807, 2.05) is 19.9 Å². The van der Waals surface area contributed by atoms with Crippen LogP contribution < -0.4 is 10.6 Å². The number of carbonyl (C=O) groups excluding carboxylic acids is 1. The van der Waals surface area contributed by atoms with E-state index in [4.69, 9.17) is 9.26 Å². The van der Waals surface area contributed by atoms with Gasteiger partial charge in [0.1, 0.15) is 0 Å². The highest BCUT2D eigenvalue weighted by atomic mass is 16.5. The minimum absolute atomic E-state index is 0.0156. The van der Waals surface area contributed by atoms with E-state index in [-0.39, 0.29) is 18.5 Å². The van der Waals surface area contributed by atoms with Crippen LogP contribution in [0.15, 0.2) is 10.6 Å². The third-order valence-corrected chi connectivity index (χ3v) is 2.09. The van der Waals surface area contributed by atoms with E-state index in [2.05, 4.69) is 15.8 Å². The molecule has 0 aliphatic heterocycles. The van der Waals surface area contributed by atoms with E-state index < -0.39 is 0 Å². The number of hydrogen-bond acceptors (Lipinski definition) is 5. The Morgan fingerprint density at radius 2 is 2.41 bits per heavy atom. The first kappa shape index (κ1) is 13.7. The lowest BCUT2D eigenvalue weighted by atomic mass is 10.3. The van der Waals surface area contributed by atoms with Gasteiger partial charge in [-0.2, -0.15) is 0 Å². The number of nitrogens with zero attached hydrogens (tertiary/aromatic N) is 1. The molecule has 1 atom stereocenters. The number of nitrogens with one attached hydrogen (secondary N) is 2. The van der Waals surface area contributed by atoms with E-state index in [0.29, 0.717) is 13.2 Å². The van der Waals surface area contributed by atoms with Gasteiger partial charge in [0, 0.05) is 19.2 Å². The monoisotopic (exact) mass is 241 g/mol. The molecule has 0 saturated carbocycles. The molecule has 6 heteroatoms. The largest absolute Gasteiger partial charge is 0.383 e. The van der Waals surface area contributed by atoms with Crippen LogP contribution in [0.25, 0.3) is 0 Å². The minimum Gasteiger partial charge on any atom is -0.383 e. The summed E-state index contributed by atoms with van der Waals surface area (Å²) in [7, 11) is 1.60. The summed E-state index contributed by atoms with van der Waals surface area (Å²) in [6.45, 7) is 4.99. The smallest absolute Gasteiger partial charge is 0.234 e. The molecule has 1 amide bonds. The summed E-state index contributed by atoms with van der Waals surface area (Å²) >= 11 is 0. The van der Waals surface area contributed by atoms with Crippen LogP contribution >= 0.6 is 0 Å². The maximum atomic E-state index is 11.4. The van der Waals surface area contributed by atoms with E-state index in [1.54, 1.807) is 7.11 Å². The van der Waals surface area contributed by atoms with Gasteiger partial charge >= 0.3 is 0 Å². The normalized spacial score (nSPS) is 12.4. The molecule has 0 saturated heterocycles. The summed E-state index contributed by atoms with van der Waals surface area (Å²) in [6.07, 6.45) is 0. The molecule has 1 aromatic rings. The van der Waals surface area contributed by atoms with Crippen LogP contribution in [-0.4, -0.2) is 37.4 Å². The van der Waals surface area contributed by atoms with Crippen molar-refractivity contribution in [3.63, 3.8) is 0 Å². The predicted molar refractivity (Wildman–Crippen MR) is 62.4 cm³/mol. The van der Waals surface area contributed by atoms with Crippen LogP contribution in [-0.2, 0) is 16.1 Å². The number of ether oxygens (including phenoxy) is 1. The molecular weight excluding hydrogens is 222 g/mol. The summed E-state index contributed by atoms with van der Waals surface area (Å²) in [4.78, 5) is 11.4. The fourth-order valence-corrected chi connectivity index (χ4v) is 1.42. The lowest BCUT2D eigenvalue weighted by Gasteiger charge is -2.12. The third kappa shape index (κ3) is 5.46. The van der Waals surface area contributed by atoms with E-state index in [9.17, 15) is 4.79 Å². The fourth-order valence-electron chi connectivity index (χ4n) is 1.42. The van der Waals surface area contributed by atoms with Gasteiger partial charge in [-0.25, -0.2) is 0 Å². The number of hydrogen-bond donors (Lipinski definition) is 2. The number of carbonyl (C=O) groups is 1. The molecule has 0 aromatic carbocycles. The van der Waals surface area contributed by atoms with E-state index in [0.717, 1.165) is 11.5 Å². The molecule has 6 nitrogen and oxygen atoms in total. The Labute approximate surface area is 101 Å². The summed E-state index contributed by atoms with van der Waals surface area (Å²) in [6, 6.07) is 1.85. The van der Waals surface area contributed by atoms with Crippen LogP contribution in [0.1, 0.15) is 18.4 Å². The van der Waals surface area contributed by atoms with Crippen molar-refractivity contribution < 1.29 is 14.1 Å². The second-order valence-electron chi connectivity index (χ2n) is 3.96. The molecule has 1 heterocycles. The number of methoxy groups -OCH3 is 1. The number of aryl methyl sites for hydroxylation is 1. The molecule has 0 aliphatic rings. The Morgan fingerprint density at radius 3 is 3.00 bits per heavy atom. The predicted octanol–water partition coefficient (Wildman–Crippen LogP) is 0.224. The maximum absolute atomic E-state index is 11.4. The van der Waals surface area contributed by atoms with Crippen LogP contribution in [0.2, 0.25) is 0 Å². The van der Waals surface area contributed by atoms with Gasteiger partial charge in [-0.05, 0) is 13.8 Å². The molecule has 1 unspecified atom stereocenters. The van der Waals surface area contributed by atoms with Gasteiger partial charge in [-0.15, -0.1) is 0 Å². The first-order valence-electron chi connectivity index (χ1n) is 5.53. The van der Waals surface area contributed by atoms with Gasteiger partial charge in [0.2, 0.25) is 5.91 Å². The Kier molecular flexibility index (Phi) is 5.65. The van der Waals surface area contributed by atoms with Gasteiger partial charge < -0.3 is 19.9 Å². The molecule has 0 spiro atoms. The summed E-state index contributed by atoms with van der Waals surface area (Å²) in [5, 5.41) is 9.53. The summed E-state index contributed by atoms with van der Waals surface area (Å²) < 4.78 is 9.92. The van der Waals surface area contributed by atoms with Gasteiger partial charge in [-0.3, -0.25) is 4.79 Å². The maximum Gasteiger partial charge on any atom is 0.234 e.